The van der Waals surface area contributed by atoms with Gasteiger partial charge in [-0.2, -0.15) is 18.3 Å². The lowest BCUT2D eigenvalue weighted by atomic mass is 9.89. The second kappa shape index (κ2) is 11.8. The molecule has 2 aromatic carbocycles. The van der Waals surface area contributed by atoms with Crippen LogP contribution in [0.4, 0.5) is 17.6 Å². The van der Waals surface area contributed by atoms with E-state index < -0.39 is 41.1 Å². The number of hydrogen-bond donors (Lipinski definition) is 1. The molecule has 0 saturated carbocycles. The van der Waals surface area contributed by atoms with Gasteiger partial charge in [-0.3, -0.25) is 15.2 Å². The molecule has 0 atom stereocenters. The first-order valence-corrected chi connectivity index (χ1v) is 13.1. The summed E-state index contributed by atoms with van der Waals surface area (Å²) in [7, 11) is 1.49. The van der Waals surface area contributed by atoms with Gasteiger partial charge in [0.1, 0.15) is 41.9 Å². The molecular weight excluding hydrogens is 586 g/mol. The maximum atomic E-state index is 15.1. The molecule has 11 nitrogen and oxygen atoms in total. The maximum Gasteiger partial charge on any atom is 0.401 e. The van der Waals surface area contributed by atoms with Gasteiger partial charge >= 0.3 is 6.18 Å². The monoisotopic (exact) mass is 611 g/mol. The van der Waals surface area contributed by atoms with Crippen LogP contribution in [0.3, 0.4) is 0 Å². The average molecular weight is 612 g/mol. The standard InChI is InChI=1S/C29H25F4N7O4/c1-28(2,29(31,32)33)26-12-21(39-44-26)27(34)23(41)9-16-4-5-17(8-18(16)30)22-13-36-19-10-25(24(42-3)11-20(19)38-22)43-7-6-40-15-35-14-37-40/h4-5,8,10-15,34H,6-7,9H2,1-3H3. The van der Waals surface area contributed by atoms with Crippen LogP contribution in [0.25, 0.3) is 22.3 Å². The predicted octanol–water partition coefficient (Wildman–Crippen LogP) is 5.12. The van der Waals surface area contributed by atoms with Gasteiger partial charge in [-0.05, 0) is 25.5 Å². The van der Waals surface area contributed by atoms with E-state index >= 15 is 4.39 Å². The van der Waals surface area contributed by atoms with E-state index in [-0.39, 0.29) is 11.3 Å². The molecule has 0 fully saturated rings. The van der Waals surface area contributed by atoms with Crippen molar-refractivity contribution < 1.29 is 36.4 Å². The molecule has 5 rings (SSSR count). The molecule has 1 N–H and O–H groups in total. The zero-order chi connectivity index (χ0) is 31.6. The van der Waals surface area contributed by atoms with E-state index in [4.69, 9.17) is 19.4 Å². The second-order valence-electron chi connectivity index (χ2n) is 10.2. The number of Topliss-reactive ketones (excluding diaryl/α,β-unsaturated/α-hetero) is 1. The molecule has 3 heterocycles. The minimum atomic E-state index is -4.64. The molecule has 44 heavy (non-hydrogen) atoms. The number of halogens is 4. The van der Waals surface area contributed by atoms with Gasteiger partial charge < -0.3 is 14.0 Å². The van der Waals surface area contributed by atoms with Gasteiger partial charge in [-0.1, -0.05) is 17.3 Å². The van der Waals surface area contributed by atoms with E-state index in [9.17, 15) is 18.0 Å². The Morgan fingerprint density at radius 1 is 1.09 bits per heavy atom. The Hall–Kier alpha value is -5.21. The Morgan fingerprint density at radius 2 is 1.86 bits per heavy atom. The van der Waals surface area contributed by atoms with Gasteiger partial charge in [0.2, 0.25) is 0 Å². The third-order valence-corrected chi connectivity index (χ3v) is 6.94. The summed E-state index contributed by atoms with van der Waals surface area (Å²) in [5, 5.41) is 15.6. The number of benzene rings is 2. The van der Waals surface area contributed by atoms with Gasteiger partial charge in [-0.25, -0.2) is 19.0 Å². The fourth-order valence-corrected chi connectivity index (χ4v) is 4.11. The van der Waals surface area contributed by atoms with Gasteiger partial charge in [0.15, 0.2) is 23.0 Å². The highest BCUT2D eigenvalue weighted by Gasteiger charge is 2.51. The van der Waals surface area contributed by atoms with E-state index in [0.29, 0.717) is 46.9 Å². The van der Waals surface area contributed by atoms with Gasteiger partial charge in [0.25, 0.3) is 0 Å². The minimum Gasteiger partial charge on any atom is -0.493 e. The Kier molecular flexibility index (Phi) is 8.13. The van der Waals surface area contributed by atoms with Gasteiger partial charge in [0.05, 0.1) is 36.6 Å². The maximum absolute atomic E-state index is 15.1. The number of carbonyl (C=O) groups excluding carboxylic acids is 1. The lowest BCUT2D eigenvalue weighted by molar-refractivity contribution is -0.185. The van der Waals surface area contributed by atoms with Crippen molar-refractivity contribution in [3.8, 4) is 22.8 Å². The summed E-state index contributed by atoms with van der Waals surface area (Å²) >= 11 is 0. The molecule has 0 radical (unpaired) electrons. The smallest absolute Gasteiger partial charge is 0.401 e. The number of methoxy groups -OCH3 is 1. The molecule has 228 valence electrons. The molecular formula is C29H25F4N7O4. The first kappa shape index (κ1) is 30.3. The first-order chi connectivity index (χ1) is 20.9. The number of nitrogens with zero attached hydrogens (tertiary/aromatic N) is 6. The fraction of sp³-hybridized carbons (Fsp3) is 0.276. The van der Waals surface area contributed by atoms with Crippen LogP contribution in [0.2, 0.25) is 0 Å². The quantitative estimate of drug-likeness (QED) is 0.159. The van der Waals surface area contributed by atoms with Crippen molar-refractivity contribution >= 4 is 22.5 Å². The summed E-state index contributed by atoms with van der Waals surface area (Å²) in [5.74, 6) is -1.25. The van der Waals surface area contributed by atoms with E-state index in [1.54, 1.807) is 29.2 Å². The molecule has 0 aliphatic rings. The van der Waals surface area contributed by atoms with Crippen molar-refractivity contribution in [1.82, 2.24) is 29.9 Å². The Balaban J connectivity index is 1.29. The Bertz CT molecular complexity index is 1840. The van der Waals surface area contributed by atoms with Crippen LogP contribution >= 0.6 is 0 Å². The largest absolute Gasteiger partial charge is 0.493 e. The van der Waals surface area contributed by atoms with Crippen LogP contribution < -0.4 is 9.47 Å². The minimum absolute atomic E-state index is 0.0223. The van der Waals surface area contributed by atoms with Crippen LogP contribution in [-0.4, -0.2) is 61.3 Å². The molecule has 0 aliphatic heterocycles. The normalized spacial score (nSPS) is 12.0. The lowest BCUT2D eigenvalue weighted by Gasteiger charge is -2.24. The van der Waals surface area contributed by atoms with Gasteiger partial charge in [0, 0.05) is 30.2 Å². The zero-order valence-corrected chi connectivity index (χ0v) is 23.6. The molecule has 0 bridgehead atoms. The summed E-state index contributed by atoms with van der Waals surface area (Å²) in [6.07, 6.45) is -0.688. The first-order valence-electron chi connectivity index (χ1n) is 13.1. The van der Waals surface area contributed by atoms with Crippen LogP contribution in [0, 0.1) is 11.2 Å². The number of alkyl halides is 3. The fourth-order valence-electron chi connectivity index (χ4n) is 4.11. The van der Waals surface area contributed by atoms with Crippen molar-refractivity contribution in [3.05, 3.63) is 78.1 Å². The van der Waals surface area contributed by atoms with E-state index in [1.807, 2.05) is 0 Å². The van der Waals surface area contributed by atoms with E-state index in [2.05, 4.69) is 25.2 Å². The summed E-state index contributed by atoms with van der Waals surface area (Å²) < 4.78 is 72.7. The number of rotatable bonds is 11. The van der Waals surface area contributed by atoms with Crippen LogP contribution in [0.15, 0.2) is 59.8 Å². The SMILES string of the molecule is COc1cc2nc(-c3ccc(CC(=O)C(=N)c4cc(C(C)(C)C(F)(F)F)on4)c(F)c3)cnc2cc1OCCn1cncn1. The van der Waals surface area contributed by atoms with Crippen molar-refractivity contribution in [2.75, 3.05) is 13.7 Å². The Labute approximate surface area is 247 Å². The highest BCUT2D eigenvalue weighted by atomic mass is 19.4. The third-order valence-electron chi connectivity index (χ3n) is 6.94. The molecule has 0 spiro atoms. The van der Waals surface area contributed by atoms with Crippen molar-refractivity contribution in [1.29, 1.82) is 5.41 Å². The van der Waals surface area contributed by atoms with Crippen molar-refractivity contribution in [3.63, 3.8) is 0 Å². The van der Waals surface area contributed by atoms with Crippen LogP contribution in [-0.2, 0) is 23.2 Å². The Morgan fingerprint density at radius 3 is 2.55 bits per heavy atom. The second-order valence-corrected chi connectivity index (χ2v) is 10.2. The highest BCUT2D eigenvalue weighted by Crippen LogP contribution is 2.40. The number of carbonyl (C=O) groups is 1. The van der Waals surface area contributed by atoms with E-state index in [0.717, 1.165) is 19.9 Å². The lowest BCUT2D eigenvalue weighted by Crippen LogP contribution is -2.36. The molecule has 0 saturated heterocycles. The third kappa shape index (κ3) is 6.11. The summed E-state index contributed by atoms with van der Waals surface area (Å²) in [6, 6.07) is 8.32. The highest BCUT2D eigenvalue weighted by molar-refractivity contribution is 6.44. The molecule has 0 unspecified atom stereocenters. The van der Waals surface area contributed by atoms with Crippen molar-refractivity contribution in [2.24, 2.45) is 0 Å². The predicted molar refractivity (Wildman–Crippen MR) is 148 cm³/mol. The molecule has 3 aromatic heterocycles. The number of hydrogen-bond acceptors (Lipinski definition) is 10. The van der Waals surface area contributed by atoms with Gasteiger partial charge in [-0.15, -0.1) is 0 Å². The topological polar surface area (TPSA) is 142 Å². The van der Waals surface area contributed by atoms with Crippen LogP contribution in [0.5, 0.6) is 11.5 Å². The molecule has 15 heteroatoms. The van der Waals surface area contributed by atoms with Crippen LogP contribution in [0.1, 0.15) is 30.9 Å². The number of ketones is 1. The molecule has 0 amide bonds. The average Bonchev–Trinajstić information content (AvgIpc) is 3.70. The summed E-state index contributed by atoms with van der Waals surface area (Å²) in [4.78, 5) is 25.6. The zero-order valence-electron chi connectivity index (χ0n) is 23.6. The number of aromatic nitrogens is 6. The summed E-state index contributed by atoms with van der Waals surface area (Å²) in [6.45, 7) is 2.57. The van der Waals surface area contributed by atoms with Crippen molar-refractivity contribution in [2.45, 2.75) is 38.4 Å². The molecule has 5 aromatic rings. The molecule has 0 aliphatic carbocycles. The van der Waals surface area contributed by atoms with E-state index in [1.165, 1.54) is 31.8 Å². The number of fused-ring (bicyclic) bond motifs is 1. The number of nitrogens with one attached hydrogen (secondary N) is 1. The number of ether oxygens (including phenoxy) is 2. The summed E-state index contributed by atoms with van der Waals surface area (Å²) in [5.41, 5.74) is -1.75.